The first kappa shape index (κ1) is 15.7. The van der Waals surface area contributed by atoms with E-state index in [1.54, 1.807) is 0 Å². The molecule has 0 bridgehead atoms. The Morgan fingerprint density at radius 2 is 2.10 bits per heavy atom. The van der Waals surface area contributed by atoms with Crippen LogP contribution in [-0.2, 0) is 6.42 Å². The highest BCUT2D eigenvalue weighted by Gasteiger charge is 2.33. The zero-order valence-electron chi connectivity index (χ0n) is 13.1. The zero-order chi connectivity index (χ0) is 14.8. The van der Waals surface area contributed by atoms with Crippen LogP contribution in [0.4, 0.5) is 0 Å². The molecule has 112 valence electrons. The molecule has 0 saturated heterocycles. The monoisotopic (exact) mass is 295 g/mol. The van der Waals surface area contributed by atoms with Crippen LogP contribution >= 0.6 is 11.6 Å². The van der Waals surface area contributed by atoms with Crippen molar-refractivity contribution in [1.29, 1.82) is 0 Å². The highest BCUT2D eigenvalue weighted by Crippen LogP contribution is 2.44. The lowest BCUT2D eigenvalue weighted by Crippen LogP contribution is -2.34. The van der Waals surface area contributed by atoms with E-state index in [9.17, 15) is 0 Å². The molecule has 1 N–H and O–H groups in total. The standard InChI is InChI=1S/C17H26ClNO/c1-5-8-19-16(17(3,4)6-2)14-11-13(18)10-12-7-9-20-15(12)14/h10-11,16,19H,5-9H2,1-4H3. The van der Waals surface area contributed by atoms with Crippen molar-refractivity contribution in [2.24, 2.45) is 5.41 Å². The van der Waals surface area contributed by atoms with Crippen molar-refractivity contribution in [2.45, 2.75) is 53.0 Å². The molecule has 0 aromatic heterocycles. The van der Waals surface area contributed by atoms with E-state index < -0.39 is 0 Å². The van der Waals surface area contributed by atoms with Gasteiger partial charge in [0.1, 0.15) is 5.75 Å². The summed E-state index contributed by atoms with van der Waals surface area (Å²) in [5, 5.41) is 4.51. The molecule has 1 unspecified atom stereocenters. The van der Waals surface area contributed by atoms with Crippen LogP contribution in [-0.4, -0.2) is 13.2 Å². The zero-order valence-corrected chi connectivity index (χ0v) is 13.8. The third-order valence-corrected chi connectivity index (χ3v) is 4.60. The minimum absolute atomic E-state index is 0.166. The maximum atomic E-state index is 6.32. The Morgan fingerprint density at radius 3 is 2.75 bits per heavy atom. The molecule has 2 rings (SSSR count). The summed E-state index contributed by atoms with van der Waals surface area (Å²) in [6, 6.07) is 4.40. The molecule has 1 heterocycles. The second-order valence-corrected chi connectivity index (χ2v) is 6.75. The van der Waals surface area contributed by atoms with E-state index in [0.717, 1.165) is 43.2 Å². The Labute approximate surface area is 127 Å². The van der Waals surface area contributed by atoms with Crippen molar-refractivity contribution < 1.29 is 4.74 Å². The Bertz CT molecular complexity index is 470. The summed E-state index contributed by atoms with van der Waals surface area (Å²) < 4.78 is 5.89. The molecule has 1 aliphatic heterocycles. The van der Waals surface area contributed by atoms with Crippen molar-refractivity contribution in [3.63, 3.8) is 0 Å². The Morgan fingerprint density at radius 1 is 1.35 bits per heavy atom. The molecule has 0 aliphatic carbocycles. The van der Waals surface area contributed by atoms with Gasteiger partial charge in [-0.3, -0.25) is 0 Å². The highest BCUT2D eigenvalue weighted by atomic mass is 35.5. The van der Waals surface area contributed by atoms with Gasteiger partial charge in [0, 0.05) is 23.0 Å². The normalized spacial score (nSPS) is 15.8. The van der Waals surface area contributed by atoms with E-state index in [-0.39, 0.29) is 11.5 Å². The van der Waals surface area contributed by atoms with Gasteiger partial charge in [-0.25, -0.2) is 0 Å². The third kappa shape index (κ3) is 3.12. The van der Waals surface area contributed by atoms with E-state index in [1.807, 2.05) is 6.07 Å². The summed E-state index contributed by atoms with van der Waals surface area (Å²) in [5.74, 6) is 1.06. The fourth-order valence-corrected chi connectivity index (χ4v) is 3.06. The molecule has 1 atom stereocenters. The number of hydrogen-bond donors (Lipinski definition) is 1. The first-order chi connectivity index (χ1) is 9.49. The topological polar surface area (TPSA) is 21.3 Å². The van der Waals surface area contributed by atoms with Crippen LogP contribution in [0.5, 0.6) is 5.75 Å². The van der Waals surface area contributed by atoms with E-state index in [2.05, 4.69) is 39.1 Å². The first-order valence-corrected chi connectivity index (χ1v) is 8.06. The van der Waals surface area contributed by atoms with Gasteiger partial charge in [0.05, 0.1) is 6.61 Å². The molecule has 1 aliphatic rings. The predicted octanol–water partition coefficient (Wildman–Crippen LogP) is 4.75. The fourth-order valence-electron chi connectivity index (χ4n) is 2.81. The number of ether oxygens (including phenoxy) is 1. The van der Waals surface area contributed by atoms with Gasteiger partial charge in [0.2, 0.25) is 0 Å². The summed E-state index contributed by atoms with van der Waals surface area (Å²) in [7, 11) is 0. The van der Waals surface area contributed by atoms with Gasteiger partial charge in [-0.15, -0.1) is 0 Å². The predicted molar refractivity (Wildman–Crippen MR) is 85.8 cm³/mol. The fraction of sp³-hybridized carbons (Fsp3) is 0.647. The second-order valence-electron chi connectivity index (χ2n) is 6.31. The molecule has 0 saturated carbocycles. The van der Waals surface area contributed by atoms with E-state index >= 15 is 0 Å². The van der Waals surface area contributed by atoms with Gasteiger partial charge >= 0.3 is 0 Å². The molecular weight excluding hydrogens is 270 g/mol. The van der Waals surface area contributed by atoms with Crippen molar-refractivity contribution >= 4 is 11.6 Å². The van der Waals surface area contributed by atoms with Crippen LogP contribution in [0.15, 0.2) is 12.1 Å². The molecule has 1 aromatic rings. The lowest BCUT2D eigenvalue weighted by atomic mass is 9.77. The van der Waals surface area contributed by atoms with Gasteiger partial charge in [0.15, 0.2) is 0 Å². The Balaban J connectivity index is 2.43. The average molecular weight is 296 g/mol. The SMILES string of the molecule is CCCNC(c1cc(Cl)cc2c1OCC2)C(C)(C)CC. The van der Waals surface area contributed by atoms with Crippen molar-refractivity contribution in [2.75, 3.05) is 13.2 Å². The van der Waals surface area contributed by atoms with Crippen LogP contribution in [0.3, 0.4) is 0 Å². The highest BCUT2D eigenvalue weighted by molar-refractivity contribution is 6.30. The number of benzene rings is 1. The number of hydrogen-bond acceptors (Lipinski definition) is 2. The molecule has 2 nitrogen and oxygen atoms in total. The quantitative estimate of drug-likeness (QED) is 0.817. The number of fused-ring (bicyclic) bond motifs is 1. The summed E-state index contributed by atoms with van der Waals surface area (Å²) in [5.41, 5.74) is 2.65. The van der Waals surface area contributed by atoms with Crippen molar-refractivity contribution in [1.82, 2.24) is 5.32 Å². The molecular formula is C17H26ClNO. The molecule has 0 spiro atoms. The van der Waals surface area contributed by atoms with Crippen LogP contribution in [0.2, 0.25) is 5.02 Å². The van der Waals surface area contributed by atoms with Gasteiger partial charge in [-0.1, -0.05) is 39.3 Å². The third-order valence-electron chi connectivity index (χ3n) is 4.38. The number of halogens is 1. The smallest absolute Gasteiger partial charge is 0.127 e. The summed E-state index contributed by atoms with van der Waals surface area (Å²) in [6.45, 7) is 10.8. The van der Waals surface area contributed by atoms with Gasteiger partial charge < -0.3 is 10.1 Å². The number of nitrogens with one attached hydrogen (secondary N) is 1. The minimum atomic E-state index is 0.166. The molecule has 0 radical (unpaired) electrons. The molecule has 0 amide bonds. The Kier molecular flexibility index (Phi) is 4.98. The number of rotatable bonds is 6. The molecule has 3 heteroatoms. The lowest BCUT2D eigenvalue weighted by Gasteiger charge is -2.35. The maximum absolute atomic E-state index is 6.32. The second kappa shape index (κ2) is 6.36. The molecule has 20 heavy (non-hydrogen) atoms. The van der Waals surface area contributed by atoms with Crippen molar-refractivity contribution in [3.05, 3.63) is 28.3 Å². The van der Waals surface area contributed by atoms with Gasteiger partial charge in [0.25, 0.3) is 0 Å². The van der Waals surface area contributed by atoms with Gasteiger partial charge in [-0.2, -0.15) is 0 Å². The lowest BCUT2D eigenvalue weighted by molar-refractivity contribution is 0.228. The summed E-state index contributed by atoms with van der Waals surface area (Å²) in [4.78, 5) is 0. The van der Waals surface area contributed by atoms with E-state index in [0.29, 0.717) is 0 Å². The minimum Gasteiger partial charge on any atom is -0.493 e. The van der Waals surface area contributed by atoms with Crippen LogP contribution in [0, 0.1) is 5.41 Å². The summed E-state index contributed by atoms with van der Waals surface area (Å²) in [6.07, 6.45) is 3.20. The van der Waals surface area contributed by atoms with Crippen molar-refractivity contribution in [3.8, 4) is 5.75 Å². The maximum Gasteiger partial charge on any atom is 0.127 e. The first-order valence-electron chi connectivity index (χ1n) is 7.68. The average Bonchev–Trinajstić information content (AvgIpc) is 2.86. The van der Waals surface area contributed by atoms with Crippen LogP contribution in [0.25, 0.3) is 0 Å². The van der Waals surface area contributed by atoms with Crippen LogP contribution < -0.4 is 10.1 Å². The largest absolute Gasteiger partial charge is 0.493 e. The van der Waals surface area contributed by atoms with Gasteiger partial charge in [-0.05, 0) is 42.5 Å². The molecule has 0 fully saturated rings. The molecule has 1 aromatic carbocycles. The summed E-state index contributed by atoms with van der Waals surface area (Å²) >= 11 is 6.32. The van der Waals surface area contributed by atoms with Crippen LogP contribution in [0.1, 0.15) is 57.7 Å². The van der Waals surface area contributed by atoms with E-state index in [4.69, 9.17) is 16.3 Å². The Hall–Kier alpha value is -0.730. The van der Waals surface area contributed by atoms with E-state index in [1.165, 1.54) is 11.1 Å².